The second-order valence-corrected chi connectivity index (χ2v) is 7.38. The van der Waals surface area contributed by atoms with Gasteiger partial charge in [0.25, 0.3) is 5.56 Å². The van der Waals surface area contributed by atoms with Gasteiger partial charge in [-0.1, -0.05) is 30.7 Å². The first-order valence-electron chi connectivity index (χ1n) is 9.69. The van der Waals surface area contributed by atoms with Crippen molar-refractivity contribution in [1.82, 2.24) is 18.7 Å². The van der Waals surface area contributed by atoms with Crippen LogP contribution in [0.4, 0.5) is 5.69 Å². The molecule has 0 aliphatic rings. The van der Waals surface area contributed by atoms with Gasteiger partial charge in [-0.3, -0.25) is 14.2 Å². The first-order chi connectivity index (χ1) is 14.9. The van der Waals surface area contributed by atoms with E-state index in [1.165, 1.54) is 16.1 Å². The van der Waals surface area contributed by atoms with E-state index in [9.17, 15) is 14.4 Å². The Morgan fingerprint density at radius 1 is 1.19 bits per heavy atom. The summed E-state index contributed by atoms with van der Waals surface area (Å²) in [7, 11) is 1.50. The van der Waals surface area contributed by atoms with Crippen molar-refractivity contribution < 1.29 is 9.53 Å². The van der Waals surface area contributed by atoms with Gasteiger partial charge in [0.1, 0.15) is 12.3 Å². The van der Waals surface area contributed by atoms with Crippen molar-refractivity contribution in [2.24, 2.45) is 0 Å². The Morgan fingerprint density at radius 2 is 1.97 bits per heavy atom. The van der Waals surface area contributed by atoms with E-state index >= 15 is 0 Å². The van der Waals surface area contributed by atoms with Gasteiger partial charge in [-0.15, -0.1) is 5.10 Å². The molecule has 1 amide bonds. The molecule has 0 saturated carbocycles. The van der Waals surface area contributed by atoms with Gasteiger partial charge in [-0.25, -0.2) is 13.9 Å². The highest BCUT2D eigenvalue weighted by atomic mass is 35.5. The van der Waals surface area contributed by atoms with Crippen LogP contribution >= 0.6 is 11.6 Å². The molecular weight excluding hydrogens is 422 g/mol. The van der Waals surface area contributed by atoms with Crippen LogP contribution in [0.3, 0.4) is 0 Å². The minimum atomic E-state index is -0.540. The minimum absolute atomic E-state index is 0.164. The maximum atomic E-state index is 13.1. The molecule has 160 valence electrons. The number of ether oxygens (including phenoxy) is 1. The monoisotopic (exact) mass is 441 g/mol. The van der Waals surface area contributed by atoms with Gasteiger partial charge < -0.3 is 10.1 Å². The molecule has 0 fully saturated rings. The number of aryl methyl sites for hydroxylation is 1. The number of rotatable bonds is 6. The summed E-state index contributed by atoms with van der Waals surface area (Å²) < 4.78 is 9.01. The van der Waals surface area contributed by atoms with E-state index in [1.54, 1.807) is 42.5 Å². The average Bonchev–Trinajstić information content (AvgIpc) is 3.07. The third-order valence-corrected chi connectivity index (χ3v) is 5.10. The fourth-order valence-corrected chi connectivity index (χ4v) is 3.66. The molecule has 0 unspecified atom stereocenters. The lowest BCUT2D eigenvalue weighted by atomic mass is 10.2. The molecule has 0 radical (unpaired) electrons. The molecule has 0 saturated heterocycles. The largest absolute Gasteiger partial charge is 0.495 e. The molecule has 4 aromatic rings. The molecule has 10 heteroatoms. The van der Waals surface area contributed by atoms with E-state index in [-0.39, 0.29) is 17.9 Å². The summed E-state index contributed by atoms with van der Waals surface area (Å²) in [5.41, 5.74) is 0.0205. The van der Waals surface area contributed by atoms with Gasteiger partial charge in [0.15, 0.2) is 0 Å². The Bertz CT molecular complexity index is 1420. The first kappa shape index (κ1) is 20.7. The summed E-state index contributed by atoms with van der Waals surface area (Å²) in [5.74, 6) is 0.203. The van der Waals surface area contributed by atoms with Gasteiger partial charge in [0.05, 0.1) is 23.7 Å². The third kappa shape index (κ3) is 3.68. The van der Waals surface area contributed by atoms with E-state index in [1.807, 2.05) is 6.92 Å². The summed E-state index contributed by atoms with van der Waals surface area (Å²) in [6.07, 6.45) is 0.671. The predicted octanol–water partition coefficient (Wildman–Crippen LogP) is 2.52. The summed E-state index contributed by atoms with van der Waals surface area (Å²) in [6, 6.07) is 11.7. The van der Waals surface area contributed by atoms with Crippen LogP contribution in [0.2, 0.25) is 5.02 Å². The summed E-state index contributed by atoms with van der Waals surface area (Å²) in [5, 5.41) is 7.74. The highest BCUT2D eigenvalue weighted by Gasteiger charge is 2.19. The van der Waals surface area contributed by atoms with Crippen molar-refractivity contribution in [1.29, 1.82) is 0 Å². The van der Waals surface area contributed by atoms with Crippen LogP contribution in [0, 0.1) is 0 Å². The lowest BCUT2D eigenvalue weighted by molar-refractivity contribution is -0.117. The molecule has 0 bridgehead atoms. The van der Waals surface area contributed by atoms with E-state index in [2.05, 4.69) is 10.4 Å². The standard InChI is InChI=1S/C21H20ClN5O4/c1-3-10-25-19(29)14-9-8-13(22)11-16(14)27-20(25)24-26(21(27)30)12-18(28)23-15-6-4-5-7-17(15)31-2/h4-9,11H,3,10,12H2,1-2H3,(H,23,28). The third-order valence-electron chi connectivity index (χ3n) is 4.86. The first-order valence-corrected chi connectivity index (χ1v) is 10.1. The Hall–Kier alpha value is -3.59. The molecule has 9 nitrogen and oxygen atoms in total. The Kier molecular flexibility index (Phi) is 5.51. The number of aromatic nitrogens is 4. The van der Waals surface area contributed by atoms with Crippen molar-refractivity contribution in [3.8, 4) is 5.75 Å². The normalized spacial score (nSPS) is 11.2. The number of fused-ring (bicyclic) bond motifs is 3. The van der Waals surface area contributed by atoms with E-state index in [0.717, 1.165) is 4.68 Å². The highest BCUT2D eigenvalue weighted by Crippen LogP contribution is 2.23. The van der Waals surface area contributed by atoms with Crippen molar-refractivity contribution >= 4 is 39.9 Å². The second-order valence-electron chi connectivity index (χ2n) is 6.94. The Morgan fingerprint density at radius 3 is 2.71 bits per heavy atom. The number of hydrogen-bond acceptors (Lipinski definition) is 5. The van der Waals surface area contributed by atoms with Crippen LogP contribution in [-0.4, -0.2) is 31.8 Å². The van der Waals surface area contributed by atoms with Crippen LogP contribution in [0.5, 0.6) is 5.75 Å². The summed E-state index contributed by atoms with van der Waals surface area (Å²) in [4.78, 5) is 38.7. The number of methoxy groups -OCH3 is 1. The number of nitrogens with zero attached hydrogens (tertiary/aromatic N) is 4. The number of anilines is 1. The number of hydrogen-bond donors (Lipinski definition) is 1. The molecule has 2 heterocycles. The molecule has 4 rings (SSSR count). The zero-order chi connectivity index (χ0) is 22.1. The number of benzene rings is 2. The topological polar surface area (TPSA) is 99.6 Å². The summed E-state index contributed by atoms with van der Waals surface area (Å²) in [6.45, 7) is 1.97. The van der Waals surface area contributed by atoms with Crippen LogP contribution < -0.4 is 21.3 Å². The Labute approximate surface area is 181 Å². The molecule has 0 atom stereocenters. The number of amides is 1. The molecular formula is C21H20ClN5O4. The molecule has 2 aromatic heterocycles. The van der Waals surface area contributed by atoms with Gasteiger partial charge in [-0.05, 0) is 36.8 Å². The number of halogens is 1. The van der Waals surface area contributed by atoms with Gasteiger partial charge >= 0.3 is 5.69 Å². The van der Waals surface area contributed by atoms with E-state index < -0.39 is 11.6 Å². The van der Waals surface area contributed by atoms with Gasteiger partial charge in [-0.2, -0.15) is 0 Å². The average molecular weight is 442 g/mol. The highest BCUT2D eigenvalue weighted by molar-refractivity contribution is 6.31. The van der Waals surface area contributed by atoms with E-state index in [0.29, 0.717) is 40.3 Å². The van der Waals surface area contributed by atoms with Crippen molar-refractivity contribution in [3.05, 3.63) is 68.3 Å². The van der Waals surface area contributed by atoms with Crippen LogP contribution in [0.1, 0.15) is 13.3 Å². The fourth-order valence-electron chi connectivity index (χ4n) is 3.49. The predicted molar refractivity (Wildman–Crippen MR) is 118 cm³/mol. The molecule has 31 heavy (non-hydrogen) atoms. The zero-order valence-electron chi connectivity index (χ0n) is 17.0. The number of para-hydroxylation sites is 2. The minimum Gasteiger partial charge on any atom is -0.495 e. The lowest BCUT2D eigenvalue weighted by Gasteiger charge is -2.09. The lowest BCUT2D eigenvalue weighted by Crippen LogP contribution is -2.29. The van der Waals surface area contributed by atoms with Gasteiger partial charge in [0, 0.05) is 11.6 Å². The molecule has 0 spiro atoms. The van der Waals surface area contributed by atoms with Crippen LogP contribution in [0.15, 0.2) is 52.1 Å². The molecule has 0 aliphatic carbocycles. The van der Waals surface area contributed by atoms with Crippen molar-refractivity contribution in [2.45, 2.75) is 26.4 Å². The van der Waals surface area contributed by atoms with E-state index in [4.69, 9.17) is 16.3 Å². The van der Waals surface area contributed by atoms with Crippen molar-refractivity contribution in [2.75, 3.05) is 12.4 Å². The number of nitrogens with one attached hydrogen (secondary N) is 1. The van der Waals surface area contributed by atoms with Crippen LogP contribution in [-0.2, 0) is 17.9 Å². The number of carbonyl (C=O) groups is 1. The molecule has 2 aromatic carbocycles. The Balaban J connectivity index is 1.82. The fraction of sp³-hybridized carbons (Fsp3) is 0.238. The van der Waals surface area contributed by atoms with Gasteiger partial charge in [0.2, 0.25) is 11.7 Å². The molecule has 1 N–H and O–H groups in total. The summed E-state index contributed by atoms with van der Waals surface area (Å²) >= 11 is 6.11. The van der Waals surface area contributed by atoms with Crippen LogP contribution in [0.25, 0.3) is 16.7 Å². The smallest absolute Gasteiger partial charge is 0.352 e. The molecule has 0 aliphatic heterocycles. The zero-order valence-corrected chi connectivity index (χ0v) is 17.7. The SMILES string of the molecule is CCCn1c(=O)c2ccc(Cl)cc2n2c(=O)n(CC(=O)Nc3ccccc3OC)nc12. The van der Waals surface area contributed by atoms with Crippen molar-refractivity contribution in [3.63, 3.8) is 0 Å². The number of carbonyl (C=O) groups excluding carboxylic acids is 1. The maximum Gasteiger partial charge on any atom is 0.352 e. The maximum absolute atomic E-state index is 13.1. The quantitative estimate of drug-likeness (QED) is 0.495. The second kappa shape index (κ2) is 8.27.